The number of carboxylic acids is 1. The van der Waals surface area contributed by atoms with Crippen LogP contribution >= 0.6 is 11.3 Å². The molecule has 0 spiro atoms. The van der Waals surface area contributed by atoms with Gasteiger partial charge in [0.25, 0.3) is 0 Å². The first-order valence-electron chi connectivity index (χ1n) is 5.88. The Labute approximate surface area is 115 Å². The first-order chi connectivity index (χ1) is 9.08. The van der Waals surface area contributed by atoms with Gasteiger partial charge in [-0.25, -0.2) is 9.78 Å². The van der Waals surface area contributed by atoms with Crippen LogP contribution in [-0.2, 0) is 6.42 Å². The van der Waals surface area contributed by atoms with E-state index in [0.29, 0.717) is 10.6 Å². The van der Waals surface area contributed by atoms with Gasteiger partial charge in [0.1, 0.15) is 4.88 Å². The molecule has 2 heterocycles. The van der Waals surface area contributed by atoms with Crippen molar-refractivity contribution in [2.75, 3.05) is 18.5 Å². The lowest BCUT2D eigenvalue weighted by Crippen LogP contribution is -2.20. The van der Waals surface area contributed by atoms with E-state index in [1.807, 2.05) is 24.1 Å². The highest BCUT2D eigenvalue weighted by atomic mass is 32.1. The maximum absolute atomic E-state index is 11.0. The third kappa shape index (κ3) is 3.29. The molecule has 0 unspecified atom stereocenters. The molecule has 0 fully saturated rings. The third-order valence-electron chi connectivity index (χ3n) is 2.79. The van der Waals surface area contributed by atoms with Crippen LogP contribution in [0.25, 0.3) is 0 Å². The van der Waals surface area contributed by atoms with E-state index in [0.717, 1.165) is 18.1 Å². The molecule has 0 amide bonds. The van der Waals surface area contributed by atoms with E-state index >= 15 is 0 Å². The lowest BCUT2D eigenvalue weighted by molar-refractivity contribution is 0.0701. The number of carboxylic acid groups (broad SMARTS) is 1. The summed E-state index contributed by atoms with van der Waals surface area (Å²) in [6.07, 6.45) is 4.41. The van der Waals surface area contributed by atoms with Gasteiger partial charge in [0.05, 0.1) is 5.69 Å². The number of thiazole rings is 1. The normalized spacial score (nSPS) is 10.4. The summed E-state index contributed by atoms with van der Waals surface area (Å²) in [7, 11) is 1.92. The summed E-state index contributed by atoms with van der Waals surface area (Å²) >= 11 is 1.21. The van der Waals surface area contributed by atoms with Gasteiger partial charge in [-0.15, -0.1) is 0 Å². The number of aromatic nitrogens is 2. The number of hydrogen-bond acceptors (Lipinski definition) is 5. The van der Waals surface area contributed by atoms with Crippen LogP contribution in [0.15, 0.2) is 24.5 Å². The van der Waals surface area contributed by atoms with Crippen molar-refractivity contribution in [2.45, 2.75) is 13.3 Å². The van der Waals surface area contributed by atoms with Gasteiger partial charge >= 0.3 is 5.97 Å². The van der Waals surface area contributed by atoms with Crippen molar-refractivity contribution >= 4 is 22.4 Å². The summed E-state index contributed by atoms with van der Waals surface area (Å²) in [5.41, 5.74) is 1.77. The smallest absolute Gasteiger partial charge is 0.347 e. The highest BCUT2D eigenvalue weighted by molar-refractivity contribution is 7.17. The quantitative estimate of drug-likeness (QED) is 0.907. The van der Waals surface area contributed by atoms with Crippen LogP contribution in [0.1, 0.15) is 20.9 Å². The van der Waals surface area contributed by atoms with Crippen LogP contribution in [0.3, 0.4) is 0 Å². The highest BCUT2D eigenvalue weighted by Gasteiger charge is 2.16. The van der Waals surface area contributed by atoms with Gasteiger partial charge in [0, 0.05) is 26.0 Å². The minimum Gasteiger partial charge on any atom is -0.477 e. The van der Waals surface area contributed by atoms with Crippen molar-refractivity contribution in [3.05, 3.63) is 40.7 Å². The molecule has 0 aliphatic rings. The van der Waals surface area contributed by atoms with E-state index in [-0.39, 0.29) is 0 Å². The Morgan fingerprint density at radius 3 is 2.68 bits per heavy atom. The Hall–Kier alpha value is -1.95. The van der Waals surface area contributed by atoms with Gasteiger partial charge in [0.15, 0.2) is 5.13 Å². The van der Waals surface area contributed by atoms with Crippen molar-refractivity contribution < 1.29 is 9.90 Å². The Morgan fingerprint density at radius 2 is 2.11 bits per heavy atom. The molecule has 0 aliphatic heterocycles. The fourth-order valence-electron chi connectivity index (χ4n) is 1.69. The van der Waals surface area contributed by atoms with Crippen molar-refractivity contribution in [3.63, 3.8) is 0 Å². The van der Waals surface area contributed by atoms with Gasteiger partial charge in [-0.05, 0) is 31.0 Å². The van der Waals surface area contributed by atoms with Gasteiger partial charge in [-0.3, -0.25) is 4.98 Å². The SMILES string of the molecule is Cc1nc(N(C)CCc2ccncc2)sc1C(=O)O. The Morgan fingerprint density at radius 1 is 1.42 bits per heavy atom. The number of aryl methyl sites for hydroxylation is 1. The van der Waals surface area contributed by atoms with Crippen molar-refractivity contribution in [1.29, 1.82) is 0 Å². The molecule has 0 aromatic carbocycles. The molecule has 0 bridgehead atoms. The number of carbonyl (C=O) groups is 1. The average Bonchev–Trinajstić information content (AvgIpc) is 2.79. The zero-order valence-electron chi connectivity index (χ0n) is 10.8. The number of nitrogens with zero attached hydrogens (tertiary/aromatic N) is 3. The largest absolute Gasteiger partial charge is 0.477 e. The maximum Gasteiger partial charge on any atom is 0.347 e. The molecule has 100 valence electrons. The molecule has 1 N–H and O–H groups in total. The van der Waals surface area contributed by atoms with Crippen LogP contribution in [0.2, 0.25) is 0 Å². The molecular weight excluding hydrogens is 262 g/mol. The predicted octanol–water partition coefficient (Wildman–Crippen LogP) is 2.22. The van der Waals surface area contributed by atoms with Crippen molar-refractivity contribution in [1.82, 2.24) is 9.97 Å². The monoisotopic (exact) mass is 277 g/mol. The fraction of sp³-hybridized carbons (Fsp3) is 0.308. The summed E-state index contributed by atoms with van der Waals surface area (Å²) in [4.78, 5) is 21.5. The van der Waals surface area contributed by atoms with Gasteiger partial charge in [-0.1, -0.05) is 11.3 Å². The van der Waals surface area contributed by atoms with E-state index in [9.17, 15) is 4.79 Å². The number of aromatic carboxylic acids is 1. The summed E-state index contributed by atoms with van der Waals surface area (Å²) in [6.45, 7) is 2.51. The molecule has 2 rings (SSSR count). The second-order valence-corrected chi connectivity index (χ2v) is 5.22. The van der Waals surface area contributed by atoms with E-state index in [1.165, 1.54) is 16.9 Å². The predicted molar refractivity (Wildman–Crippen MR) is 75.0 cm³/mol. The van der Waals surface area contributed by atoms with Crippen LogP contribution in [-0.4, -0.2) is 34.6 Å². The van der Waals surface area contributed by atoms with Gasteiger partial charge in [0.2, 0.25) is 0 Å². The first-order valence-corrected chi connectivity index (χ1v) is 6.70. The molecule has 0 saturated carbocycles. The van der Waals surface area contributed by atoms with Crippen molar-refractivity contribution in [3.8, 4) is 0 Å². The standard InChI is InChI=1S/C13H15N3O2S/c1-9-11(12(17)18)19-13(15-9)16(2)8-5-10-3-6-14-7-4-10/h3-4,6-7H,5,8H2,1-2H3,(H,17,18). The van der Waals surface area contributed by atoms with Crippen LogP contribution < -0.4 is 4.90 Å². The maximum atomic E-state index is 11.0. The van der Waals surface area contributed by atoms with Crippen molar-refractivity contribution in [2.24, 2.45) is 0 Å². The summed E-state index contributed by atoms with van der Waals surface area (Å²) in [6, 6.07) is 3.95. The Balaban J connectivity index is 2.02. The minimum atomic E-state index is -0.913. The molecule has 0 saturated heterocycles. The summed E-state index contributed by atoms with van der Waals surface area (Å²) in [5.74, 6) is -0.913. The number of likely N-dealkylation sites (N-methyl/N-ethyl adjacent to an activating group) is 1. The third-order valence-corrected chi connectivity index (χ3v) is 4.05. The molecule has 0 radical (unpaired) electrons. The van der Waals surface area contributed by atoms with E-state index in [2.05, 4.69) is 9.97 Å². The lowest BCUT2D eigenvalue weighted by Gasteiger charge is -2.15. The topological polar surface area (TPSA) is 66.3 Å². The zero-order valence-corrected chi connectivity index (χ0v) is 11.6. The molecule has 0 atom stereocenters. The molecule has 2 aromatic heterocycles. The van der Waals surface area contributed by atoms with Crippen LogP contribution in [0, 0.1) is 6.92 Å². The van der Waals surface area contributed by atoms with Crippen LogP contribution in [0.4, 0.5) is 5.13 Å². The first kappa shape index (κ1) is 13.5. The number of pyridine rings is 1. The molecule has 6 heteroatoms. The minimum absolute atomic E-state index is 0.311. The molecule has 2 aromatic rings. The fourth-order valence-corrected chi connectivity index (χ4v) is 2.58. The second kappa shape index (κ2) is 5.79. The average molecular weight is 277 g/mol. The summed E-state index contributed by atoms with van der Waals surface area (Å²) in [5, 5.41) is 9.75. The van der Waals surface area contributed by atoms with E-state index < -0.39 is 5.97 Å². The molecule has 0 aliphatic carbocycles. The molecular formula is C13H15N3O2S. The van der Waals surface area contributed by atoms with E-state index in [1.54, 1.807) is 19.3 Å². The number of anilines is 1. The second-order valence-electron chi connectivity index (χ2n) is 4.24. The molecule has 19 heavy (non-hydrogen) atoms. The van der Waals surface area contributed by atoms with Gasteiger partial charge in [-0.2, -0.15) is 0 Å². The Kier molecular flexibility index (Phi) is 4.11. The van der Waals surface area contributed by atoms with Gasteiger partial charge < -0.3 is 10.0 Å². The Bertz CT molecular complexity index is 569. The number of hydrogen-bond donors (Lipinski definition) is 1. The van der Waals surface area contributed by atoms with E-state index in [4.69, 9.17) is 5.11 Å². The number of rotatable bonds is 5. The van der Waals surface area contributed by atoms with Crippen LogP contribution in [0.5, 0.6) is 0 Å². The molecule has 5 nitrogen and oxygen atoms in total. The lowest BCUT2D eigenvalue weighted by atomic mass is 10.2. The zero-order chi connectivity index (χ0) is 13.8. The summed E-state index contributed by atoms with van der Waals surface area (Å²) < 4.78 is 0. The highest BCUT2D eigenvalue weighted by Crippen LogP contribution is 2.25.